The molecule has 1 aliphatic heterocycles. The number of carbonyl (C=O) groups is 3. The second-order valence-electron chi connectivity index (χ2n) is 4.98. The first-order valence-corrected chi connectivity index (χ1v) is 8.98. The molecule has 0 unspecified atom stereocenters. The standard InChI is InChI=1S/C16H14I2N2O4/c1-4-5-24-13-11(17)7-9(8-12(13)18)6-10-14(21)19(2)16(23)20(3)15(10)22/h4,6-8H,1,5H2,2-3H3. The van der Waals surface area contributed by atoms with Crippen LogP contribution in [0, 0.1) is 7.14 Å². The molecule has 8 heteroatoms. The van der Waals surface area contributed by atoms with E-state index < -0.39 is 17.8 Å². The summed E-state index contributed by atoms with van der Waals surface area (Å²) in [7, 11) is 2.70. The molecule has 0 spiro atoms. The zero-order valence-corrected chi connectivity index (χ0v) is 17.3. The van der Waals surface area contributed by atoms with Gasteiger partial charge in [-0.3, -0.25) is 19.4 Å². The third kappa shape index (κ3) is 3.63. The number of rotatable bonds is 4. The van der Waals surface area contributed by atoms with Crippen molar-refractivity contribution in [2.45, 2.75) is 0 Å². The van der Waals surface area contributed by atoms with Gasteiger partial charge in [0.25, 0.3) is 11.8 Å². The summed E-state index contributed by atoms with van der Waals surface area (Å²) in [6, 6.07) is 2.98. The molecule has 1 saturated heterocycles. The van der Waals surface area contributed by atoms with E-state index >= 15 is 0 Å². The molecule has 1 aromatic carbocycles. The van der Waals surface area contributed by atoms with E-state index in [2.05, 4.69) is 51.8 Å². The average molecular weight is 552 g/mol. The van der Waals surface area contributed by atoms with E-state index in [0.717, 1.165) is 22.7 Å². The molecule has 0 atom stereocenters. The number of barbiturate groups is 1. The monoisotopic (exact) mass is 552 g/mol. The van der Waals surface area contributed by atoms with Crippen LogP contribution >= 0.6 is 45.2 Å². The summed E-state index contributed by atoms with van der Waals surface area (Å²) < 4.78 is 7.30. The summed E-state index contributed by atoms with van der Waals surface area (Å²) in [5.41, 5.74) is 0.633. The maximum atomic E-state index is 12.2. The Morgan fingerprint density at radius 2 is 1.58 bits per heavy atom. The summed E-state index contributed by atoms with van der Waals surface area (Å²) in [4.78, 5) is 38.0. The fourth-order valence-electron chi connectivity index (χ4n) is 2.08. The largest absolute Gasteiger partial charge is 0.487 e. The van der Waals surface area contributed by atoms with Crippen molar-refractivity contribution in [2.24, 2.45) is 0 Å². The number of halogens is 2. The fraction of sp³-hybridized carbons (Fsp3) is 0.188. The van der Waals surface area contributed by atoms with Crippen LogP contribution in [0.3, 0.4) is 0 Å². The first-order chi connectivity index (χ1) is 11.3. The third-order valence-corrected chi connectivity index (χ3v) is 4.92. The van der Waals surface area contributed by atoms with Crippen LogP contribution in [0.15, 0.2) is 30.4 Å². The SMILES string of the molecule is C=CCOc1c(I)cc(C=C2C(=O)N(C)C(=O)N(C)C2=O)cc1I. The van der Waals surface area contributed by atoms with Crippen LogP contribution in [0.5, 0.6) is 5.75 Å². The zero-order chi connectivity index (χ0) is 18.0. The van der Waals surface area contributed by atoms with Gasteiger partial charge in [-0.05, 0) is 69.0 Å². The van der Waals surface area contributed by atoms with Crippen LogP contribution in [0.4, 0.5) is 4.79 Å². The minimum atomic E-state index is -0.639. The molecule has 0 saturated carbocycles. The molecule has 0 aliphatic carbocycles. The van der Waals surface area contributed by atoms with Crippen LogP contribution < -0.4 is 4.74 Å². The van der Waals surface area contributed by atoms with Gasteiger partial charge in [-0.2, -0.15) is 0 Å². The molecule has 4 amide bonds. The molecule has 1 heterocycles. The molecule has 0 bridgehead atoms. The number of urea groups is 1. The minimum absolute atomic E-state index is 0.0500. The van der Waals surface area contributed by atoms with Gasteiger partial charge in [-0.15, -0.1) is 0 Å². The molecular formula is C16H14I2N2O4. The Labute approximate surface area is 166 Å². The van der Waals surface area contributed by atoms with Crippen molar-refractivity contribution in [3.8, 4) is 5.75 Å². The van der Waals surface area contributed by atoms with Crippen molar-refractivity contribution in [1.29, 1.82) is 0 Å². The maximum Gasteiger partial charge on any atom is 0.333 e. The Kier molecular flexibility index (Phi) is 6.01. The van der Waals surface area contributed by atoms with Crippen LogP contribution in [0.25, 0.3) is 6.08 Å². The maximum absolute atomic E-state index is 12.2. The molecule has 0 radical (unpaired) electrons. The summed E-state index contributed by atoms with van der Waals surface area (Å²) in [6.07, 6.45) is 3.15. The summed E-state index contributed by atoms with van der Waals surface area (Å²) in [6.45, 7) is 4.01. The highest BCUT2D eigenvalue weighted by Crippen LogP contribution is 2.30. The Bertz CT molecular complexity index is 724. The Morgan fingerprint density at radius 3 is 2.04 bits per heavy atom. The summed E-state index contributed by atoms with van der Waals surface area (Å²) in [5.74, 6) is -0.496. The highest BCUT2D eigenvalue weighted by atomic mass is 127. The predicted molar refractivity (Wildman–Crippen MR) is 106 cm³/mol. The van der Waals surface area contributed by atoms with E-state index in [1.807, 2.05) is 12.1 Å². The number of hydrogen-bond acceptors (Lipinski definition) is 4. The van der Waals surface area contributed by atoms with E-state index in [1.54, 1.807) is 6.08 Å². The Balaban J connectivity index is 2.43. The van der Waals surface area contributed by atoms with Crippen molar-refractivity contribution in [1.82, 2.24) is 9.80 Å². The lowest BCUT2D eigenvalue weighted by atomic mass is 10.1. The molecule has 126 valence electrons. The van der Waals surface area contributed by atoms with Crippen molar-refractivity contribution in [3.05, 3.63) is 43.1 Å². The molecule has 1 aliphatic rings. The number of benzene rings is 1. The molecule has 1 aromatic rings. The number of imide groups is 2. The summed E-state index contributed by atoms with van der Waals surface area (Å²) >= 11 is 4.26. The van der Waals surface area contributed by atoms with Gasteiger partial charge in [-0.1, -0.05) is 12.7 Å². The molecule has 0 N–H and O–H groups in total. The van der Waals surface area contributed by atoms with Crippen molar-refractivity contribution in [2.75, 3.05) is 20.7 Å². The quantitative estimate of drug-likeness (QED) is 0.250. The zero-order valence-electron chi connectivity index (χ0n) is 13.0. The van der Waals surface area contributed by atoms with Crippen LogP contribution in [0.1, 0.15) is 5.56 Å². The highest BCUT2D eigenvalue weighted by Gasteiger charge is 2.37. The lowest BCUT2D eigenvalue weighted by Gasteiger charge is -2.28. The van der Waals surface area contributed by atoms with Crippen LogP contribution in [-0.2, 0) is 9.59 Å². The molecule has 1 fully saturated rings. The van der Waals surface area contributed by atoms with Gasteiger partial charge < -0.3 is 4.74 Å². The smallest absolute Gasteiger partial charge is 0.333 e. The average Bonchev–Trinajstić information content (AvgIpc) is 2.54. The number of likely N-dealkylation sites (N-methyl/N-ethyl adjacent to an activating group) is 2. The topological polar surface area (TPSA) is 66.9 Å². The predicted octanol–water partition coefficient (Wildman–Crippen LogP) is 2.89. The van der Waals surface area contributed by atoms with Crippen LogP contribution in [0.2, 0.25) is 0 Å². The van der Waals surface area contributed by atoms with Gasteiger partial charge in [-0.25, -0.2) is 4.79 Å². The molecule has 0 aromatic heterocycles. The normalized spacial score (nSPS) is 15.0. The van der Waals surface area contributed by atoms with Crippen molar-refractivity contribution >= 4 is 69.1 Å². The number of ether oxygens (including phenoxy) is 1. The lowest BCUT2D eigenvalue weighted by molar-refractivity contribution is -0.134. The fourth-order valence-corrected chi connectivity index (χ4v) is 4.21. The molecular weight excluding hydrogens is 538 g/mol. The van der Waals surface area contributed by atoms with Gasteiger partial charge in [0.2, 0.25) is 0 Å². The van der Waals surface area contributed by atoms with Crippen molar-refractivity contribution in [3.63, 3.8) is 0 Å². The van der Waals surface area contributed by atoms with Gasteiger partial charge in [0.15, 0.2) is 0 Å². The molecule has 2 rings (SSSR count). The van der Waals surface area contributed by atoms with Crippen LogP contribution in [-0.4, -0.2) is 48.3 Å². The molecule has 6 nitrogen and oxygen atoms in total. The van der Waals surface area contributed by atoms with E-state index in [-0.39, 0.29) is 5.57 Å². The van der Waals surface area contributed by atoms with Gasteiger partial charge in [0, 0.05) is 14.1 Å². The van der Waals surface area contributed by atoms with E-state index in [0.29, 0.717) is 12.2 Å². The number of hydrogen-bond donors (Lipinski definition) is 0. The lowest BCUT2D eigenvalue weighted by Crippen LogP contribution is -2.52. The second-order valence-corrected chi connectivity index (χ2v) is 7.31. The first-order valence-electron chi connectivity index (χ1n) is 6.82. The second kappa shape index (κ2) is 7.64. The Morgan fingerprint density at radius 1 is 1.08 bits per heavy atom. The molecule has 24 heavy (non-hydrogen) atoms. The van der Waals surface area contributed by atoms with E-state index in [9.17, 15) is 14.4 Å². The minimum Gasteiger partial charge on any atom is -0.487 e. The number of nitrogens with zero attached hydrogens (tertiary/aromatic N) is 2. The van der Waals surface area contributed by atoms with E-state index in [4.69, 9.17) is 4.74 Å². The third-order valence-electron chi connectivity index (χ3n) is 3.32. The highest BCUT2D eigenvalue weighted by molar-refractivity contribution is 14.1. The Hall–Kier alpha value is -1.43. The van der Waals surface area contributed by atoms with E-state index in [1.165, 1.54) is 20.2 Å². The van der Waals surface area contributed by atoms with Crippen molar-refractivity contribution < 1.29 is 19.1 Å². The first kappa shape index (κ1) is 18.9. The summed E-state index contributed by atoms with van der Waals surface area (Å²) in [5, 5.41) is 0. The van der Waals surface area contributed by atoms with Gasteiger partial charge >= 0.3 is 6.03 Å². The number of carbonyl (C=O) groups excluding carboxylic acids is 3. The van der Waals surface area contributed by atoms with Gasteiger partial charge in [0.05, 0.1) is 7.14 Å². The number of amides is 4. The van der Waals surface area contributed by atoms with Gasteiger partial charge in [0.1, 0.15) is 17.9 Å².